The van der Waals surface area contributed by atoms with E-state index in [1.807, 2.05) is 37.3 Å². The fourth-order valence-electron chi connectivity index (χ4n) is 2.64. The number of aromatic nitrogens is 1. The number of rotatable bonds is 7. The molecule has 5 nitrogen and oxygen atoms in total. The fraction of sp³-hybridized carbons (Fsp3) is 0.263. The summed E-state index contributed by atoms with van der Waals surface area (Å²) >= 11 is 1.46. The van der Waals surface area contributed by atoms with Crippen LogP contribution in [0.4, 0.5) is 0 Å². The largest absolute Gasteiger partial charge is 0.356 e. The van der Waals surface area contributed by atoms with E-state index in [4.69, 9.17) is 0 Å². The van der Waals surface area contributed by atoms with Gasteiger partial charge in [-0.2, -0.15) is 0 Å². The van der Waals surface area contributed by atoms with E-state index in [1.54, 1.807) is 18.2 Å². The van der Waals surface area contributed by atoms with Crippen molar-refractivity contribution in [2.75, 3.05) is 12.3 Å². The smallest absolute Gasteiger partial charge is 0.221 e. The van der Waals surface area contributed by atoms with Gasteiger partial charge in [-0.1, -0.05) is 30.3 Å². The van der Waals surface area contributed by atoms with Crippen LogP contribution in [-0.4, -0.2) is 31.6 Å². The molecule has 0 saturated carbocycles. The number of thiazole rings is 1. The van der Waals surface area contributed by atoms with Gasteiger partial charge in [-0.3, -0.25) is 4.79 Å². The van der Waals surface area contributed by atoms with Gasteiger partial charge in [0.05, 0.1) is 25.9 Å². The number of aryl methyl sites for hydroxylation is 1. The molecule has 7 heteroatoms. The molecule has 0 saturated heterocycles. The molecule has 1 heterocycles. The van der Waals surface area contributed by atoms with Crippen LogP contribution in [0, 0.1) is 6.92 Å². The lowest BCUT2D eigenvalue weighted by atomic mass is 10.1. The Morgan fingerprint density at radius 2 is 1.92 bits per heavy atom. The maximum absolute atomic E-state index is 12.5. The Kier molecular flexibility index (Phi) is 5.68. The van der Waals surface area contributed by atoms with Crippen molar-refractivity contribution < 1.29 is 13.2 Å². The second-order valence-corrected chi connectivity index (χ2v) is 9.36. The molecule has 0 fully saturated rings. The maximum atomic E-state index is 12.5. The van der Waals surface area contributed by atoms with E-state index in [2.05, 4.69) is 10.3 Å². The number of hydrogen-bond donors (Lipinski definition) is 1. The summed E-state index contributed by atoms with van der Waals surface area (Å²) in [4.78, 5) is 16.5. The van der Waals surface area contributed by atoms with Gasteiger partial charge in [-0.25, -0.2) is 13.4 Å². The summed E-state index contributed by atoms with van der Waals surface area (Å²) in [6.07, 6.45) is 0.678. The average Bonchev–Trinajstić information content (AvgIpc) is 3.00. The number of nitrogens with zero attached hydrogens (tertiary/aromatic N) is 1. The Bertz CT molecular complexity index is 1010. The summed E-state index contributed by atoms with van der Waals surface area (Å²) < 4.78 is 25.8. The number of sulfone groups is 1. The highest BCUT2D eigenvalue weighted by molar-refractivity contribution is 7.91. The zero-order valence-electron chi connectivity index (χ0n) is 14.4. The van der Waals surface area contributed by atoms with Gasteiger partial charge in [0.15, 0.2) is 9.84 Å². The molecule has 0 spiro atoms. The van der Waals surface area contributed by atoms with Crippen LogP contribution in [0.5, 0.6) is 0 Å². The minimum Gasteiger partial charge on any atom is -0.356 e. The van der Waals surface area contributed by atoms with E-state index >= 15 is 0 Å². The zero-order valence-corrected chi connectivity index (χ0v) is 16.1. The van der Waals surface area contributed by atoms with Crippen LogP contribution in [0.1, 0.15) is 17.0 Å². The van der Waals surface area contributed by atoms with Crippen LogP contribution in [0.3, 0.4) is 0 Å². The van der Waals surface area contributed by atoms with Crippen molar-refractivity contribution in [2.45, 2.75) is 24.7 Å². The van der Waals surface area contributed by atoms with Gasteiger partial charge < -0.3 is 5.32 Å². The Hall–Kier alpha value is -2.25. The third-order valence-corrected chi connectivity index (χ3v) is 6.65. The van der Waals surface area contributed by atoms with Gasteiger partial charge in [0.25, 0.3) is 0 Å². The second-order valence-electron chi connectivity index (χ2n) is 6.02. The van der Waals surface area contributed by atoms with Crippen LogP contribution < -0.4 is 5.32 Å². The monoisotopic (exact) mass is 388 g/mol. The number of hydrogen-bond acceptors (Lipinski definition) is 5. The van der Waals surface area contributed by atoms with Gasteiger partial charge in [0.2, 0.25) is 5.91 Å². The first-order chi connectivity index (χ1) is 12.4. The average molecular weight is 389 g/mol. The summed E-state index contributed by atoms with van der Waals surface area (Å²) in [6, 6.07) is 14.7. The van der Waals surface area contributed by atoms with Crippen LogP contribution in [0.2, 0.25) is 0 Å². The molecule has 0 aliphatic rings. The second kappa shape index (κ2) is 7.97. The lowest BCUT2D eigenvalue weighted by Crippen LogP contribution is -2.27. The van der Waals surface area contributed by atoms with E-state index in [9.17, 15) is 13.2 Å². The molecule has 3 aromatic rings. The highest BCUT2D eigenvalue weighted by Crippen LogP contribution is 2.25. The van der Waals surface area contributed by atoms with Crippen molar-refractivity contribution in [3.8, 4) is 0 Å². The van der Waals surface area contributed by atoms with Crippen molar-refractivity contribution in [3.05, 3.63) is 59.1 Å². The Balaban J connectivity index is 1.54. The molecule has 0 aliphatic carbocycles. The van der Waals surface area contributed by atoms with Crippen LogP contribution in [0.25, 0.3) is 10.2 Å². The molecule has 0 aliphatic heterocycles. The molecule has 2 aromatic carbocycles. The third kappa shape index (κ3) is 4.68. The number of carbonyl (C=O) groups is 1. The number of benzene rings is 2. The molecular formula is C19H20N2O3S2. The lowest BCUT2D eigenvalue weighted by Gasteiger charge is -2.07. The highest BCUT2D eigenvalue weighted by Gasteiger charge is 2.17. The Labute approximate surface area is 157 Å². The molecule has 0 bridgehead atoms. The highest BCUT2D eigenvalue weighted by atomic mass is 32.2. The van der Waals surface area contributed by atoms with Crippen molar-refractivity contribution in [3.63, 3.8) is 0 Å². The van der Waals surface area contributed by atoms with Crippen LogP contribution >= 0.6 is 11.3 Å². The summed E-state index contributed by atoms with van der Waals surface area (Å²) in [5.41, 5.74) is 1.93. The Morgan fingerprint density at radius 3 is 2.69 bits per heavy atom. The van der Waals surface area contributed by atoms with E-state index < -0.39 is 9.84 Å². The van der Waals surface area contributed by atoms with E-state index in [0.29, 0.717) is 6.54 Å². The summed E-state index contributed by atoms with van der Waals surface area (Å²) in [5, 5.41) is 3.67. The SMILES string of the molecule is Cc1nc2ccc(S(=O)(=O)CCC(=O)NCCc3ccccc3)cc2s1. The lowest BCUT2D eigenvalue weighted by molar-refractivity contribution is -0.120. The predicted molar refractivity (Wildman–Crippen MR) is 104 cm³/mol. The van der Waals surface area contributed by atoms with E-state index in [1.165, 1.54) is 11.3 Å². The van der Waals surface area contributed by atoms with E-state index in [-0.39, 0.29) is 23.0 Å². The van der Waals surface area contributed by atoms with Crippen molar-refractivity contribution in [2.24, 2.45) is 0 Å². The molecule has 1 N–H and O–H groups in total. The first-order valence-corrected chi connectivity index (χ1v) is 10.8. The molecule has 3 rings (SSSR count). The fourth-order valence-corrected chi connectivity index (χ4v) is 4.84. The minimum atomic E-state index is -3.50. The molecule has 136 valence electrons. The molecular weight excluding hydrogens is 368 g/mol. The van der Waals surface area contributed by atoms with E-state index in [0.717, 1.165) is 27.2 Å². The van der Waals surface area contributed by atoms with Gasteiger partial charge >= 0.3 is 0 Å². The van der Waals surface area contributed by atoms with Crippen LogP contribution in [-0.2, 0) is 21.1 Å². The first-order valence-electron chi connectivity index (χ1n) is 8.35. The van der Waals surface area contributed by atoms with Gasteiger partial charge in [0.1, 0.15) is 0 Å². The molecule has 0 atom stereocenters. The normalized spacial score (nSPS) is 11.6. The number of amides is 1. The van der Waals surface area contributed by atoms with Gasteiger partial charge in [-0.15, -0.1) is 11.3 Å². The standard InChI is InChI=1S/C19H20N2O3S2/c1-14-21-17-8-7-16(13-18(17)25-14)26(23,24)12-10-19(22)20-11-9-15-5-3-2-4-6-15/h2-8,13H,9-12H2,1H3,(H,20,22). The van der Waals surface area contributed by atoms with Crippen LogP contribution in [0.15, 0.2) is 53.4 Å². The third-order valence-electron chi connectivity index (χ3n) is 4.00. The molecule has 1 amide bonds. The number of carbonyl (C=O) groups excluding carboxylic acids is 1. The number of fused-ring (bicyclic) bond motifs is 1. The van der Waals surface area contributed by atoms with Crippen molar-refractivity contribution >= 4 is 37.3 Å². The Morgan fingerprint density at radius 1 is 1.15 bits per heavy atom. The maximum Gasteiger partial charge on any atom is 0.221 e. The number of nitrogens with one attached hydrogen (secondary N) is 1. The summed E-state index contributed by atoms with van der Waals surface area (Å²) in [7, 11) is -3.50. The quantitative estimate of drug-likeness (QED) is 0.675. The van der Waals surface area contributed by atoms with Crippen molar-refractivity contribution in [1.29, 1.82) is 0 Å². The predicted octanol–water partition coefficient (Wildman–Crippen LogP) is 3.13. The zero-order chi connectivity index (χ0) is 18.6. The molecule has 0 radical (unpaired) electrons. The minimum absolute atomic E-state index is 0.0448. The molecule has 26 heavy (non-hydrogen) atoms. The van der Waals surface area contributed by atoms with Crippen molar-refractivity contribution in [1.82, 2.24) is 10.3 Å². The summed E-state index contributed by atoms with van der Waals surface area (Å²) in [5.74, 6) is -0.452. The topological polar surface area (TPSA) is 76.1 Å². The first kappa shape index (κ1) is 18.5. The van der Waals surface area contributed by atoms with Gasteiger partial charge in [0, 0.05) is 13.0 Å². The van der Waals surface area contributed by atoms with Gasteiger partial charge in [-0.05, 0) is 37.1 Å². The molecule has 0 unspecified atom stereocenters. The molecule has 1 aromatic heterocycles. The summed E-state index contributed by atoms with van der Waals surface area (Å²) in [6.45, 7) is 2.38.